The molecule has 3 fully saturated rings. The molecule has 2 aromatic rings. The molecule has 1 N–H and O–H groups in total. The van der Waals surface area contributed by atoms with Crippen molar-refractivity contribution in [2.24, 2.45) is 0 Å². The molecule has 1 spiro atoms. The number of rotatable bonds is 12. The van der Waals surface area contributed by atoms with Gasteiger partial charge in [0.25, 0.3) is 0 Å². The summed E-state index contributed by atoms with van der Waals surface area (Å²) in [4.78, 5) is 13.8. The topological polar surface area (TPSA) is 113 Å². The number of unbranched alkanes of at least 4 members (excludes halogenated alkanes) is 5. The number of piperidine rings is 1. The van der Waals surface area contributed by atoms with Crippen molar-refractivity contribution in [1.29, 1.82) is 0 Å². The van der Waals surface area contributed by atoms with Crippen molar-refractivity contribution in [3.8, 4) is 0 Å². The van der Waals surface area contributed by atoms with Crippen LogP contribution in [0.3, 0.4) is 0 Å². The van der Waals surface area contributed by atoms with Gasteiger partial charge in [0.2, 0.25) is 21.7 Å². The average molecular weight is 602 g/mol. The van der Waals surface area contributed by atoms with Crippen molar-refractivity contribution < 1.29 is 36.3 Å². The van der Waals surface area contributed by atoms with Crippen molar-refractivity contribution in [3.63, 3.8) is 0 Å². The first-order valence-corrected chi connectivity index (χ1v) is 17.0. The minimum Gasteiger partial charge on any atom is -0.726 e. The lowest BCUT2D eigenvalue weighted by molar-refractivity contribution is -0.999. The molecular formula is C33H47NO7S. The van der Waals surface area contributed by atoms with Gasteiger partial charge in [0, 0.05) is 32.1 Å². The quantitative estimate of drug-likeness (QED) is 0.105. The number of hydrogen-bond donors (Lipinski definition) is 1. The molecule has 2 bridgehead atoms. The number of carbonyl (C=O) groups excluding carboxylic acids is 1. The molecule has 2 unspecified atom stereocenters. The second-order valence-corrected chi connectivity index (χ2v) is 13.1. The molecule has 0 saturated carbocycles. The molecule has 3 aliphatic heterocycles. The van der Waals surface area contributed by atoms with Crippen LogP contribution in [0, 0.1) is 0 Å². The maximum atomic E-state index is 13.8. The fourth-order valence-electron chi connectivity index (χ4n) is 7.46. The number of esters is 1. The Balaban J connectivity index is 0.000000266. The van der Waals surface area contributed by atoms with Crippen molar-refractivity contribution in [3.05, 3.63) is 71.8 Å². The molecule has 232 valence electrons. The molecule has 0 amide bonds. The summed E-state index contributed by atoms with van der Waals surface area (Å²) >= 11 is 0. The first-order chi connectivity index (χ1) is 20.2. The smallest absolute Gasteiger partial charge is 0.352 e. The van der Waals surface area contributed by atoms with E-state index in [4.69, 9.17) is 4.74 Å². The predicted octanol–water partition coefficient (Wildman–Crippen LogP) is 5.94. The number of hydrogen-bond acceptors (Lipinski definition) is 7. The van der Waals surface area contributed by atoms with E-state index in [2.05, 4.69) is 11.1 Å². The maximum absolute atomic E-state index is 13.8. The van der Waals surface area contributed by atoms with Gasteiger partial charge in [-0.05, 0) is 30.4 Å². The fraction of sp³-hybridized carbons (Fsp3) is 0.606. The minimum atomic E-state index is -4.47. The summed E-state index contributed by atoms with van der Waals surface area (Å²) in [5.41, 5.74) is -1.14. The van der Waals surface area contributed by atoms with Crippen molar-refractivity contribution >= 4 is 16.4 Å². The summed E-state index contributed by atoms with van der Waals surface area (Å²) in [5, 5.41) is 11.8. The van der Waals surface area contributed by atoms with Gasteiger partial charge in [0.1, 0.15) is 0 Å². The van der Waals surface area contributed by atoms with Gasteiger partial charge in [0.15, 0.2) is 0 Å². The number of carbonyl (C=O) groups is 1. The van der Waals surface area contributed by atoms with Gasteiger partial charge in [-0.3, -0.25) is 8.67 Å². The monoisotopic (exact) mass is 601 g/mol. The first kappa shape index (κ1) is 32.6. The maximum Gasteiger partial charge on any atom is 0.352 e. The highest BCUT2D eigenvalue weighted by Crippen LogP contribution is 2.54. The molecule has 3 heterocycles. The fourth-order valence-corrected chi connectivity index (χ4v) is 7.79. The van der Waals surface area contributed by atoms with Gasteiger partial charge in [-0.25, -0.2) is 13.2 Å². The molecule has 42 heavy (non-hydrogen) atoms. The lowest BCUT2D eigenvalue weighted by atomic mass is 9.86. The van der Waals surface area contributed by atoms with Gasteiger partial charge >= 0.3 is 5.97 Å². The number of aliphatic hydroxyl groups is 1. The summed E-state index contributed by atoms with van der Waals surface area (Å²) in [6.07, 6.45) is 13.9. The van der Waals surface area contributed by atoms with Crippen LogP contribution in [0.4, 0.5) is 0 Å². The molecule has 2 aromatic carbocycles. The Kier molecular flexibility index (Phi) is 11.2. The van der Waals surface area contributed by atoms with Crippen LogP contribution in [0.1, 0.15) is 102 Å². The number of benzene rings is 2. The second kappa shape index (κ2) is 14.4. The van der Waals surface area contributed by atoms with E-state index in [1.54, 1.807) is 0 Å². The standard InChI is InChI=1S/C25H30NO3.C8H18O4S/c27-23(25(28,20-10-3-1-4-11-20)21-12-5-2-6-13-21)29-24-16-9-14-22(15-17-24)26(24)18-7-8-19-26;1-2-3-4-5-6-7-8-12-13(9,10)11/h1-6,10-13,22,28H,7-9,14-19H2;2-8H2,1H3,(H,9,10,11)/q+1;/p-1. The summed E-state index contributed by atoms with van der Waals surface area (Å²) in [6, 6.07) is 19.1. The SMILES string of the molecule is CCCCCCCCOS(=O)(=O)[O-].O=C(OC12CCCC(CC1)[N+]21CCCC1)C(O)(c1ccccc1)c1ccccc1. The van der Waals surface area contributed by atoms with E-state index in [0.29, 0.717) is 23.6 Å². The highest BCUT2D eigenvalue weighted by Gasteiger charge is 2.66. The van der Waals surface area contributed by atoms with Crippen LogP contribution >= 0.6 is 0 Å². The van der Waals surface area contributed by atoms with Gasteiger partial charge in [-0.1, -0.05) is 99.7 Å². The Hall–Kier alpha value is -2.30. The van der Waals surface area contributed by atoms with Crippen molar-refractivity contribution in [2.45, 2.75) is 108 Å². The molecule has 9 heteroatoms. The third-order valence-corrected chi connectivity index (χ3v) is 9.99. The van der Waals surface area contributed by atoms with E-state index < -0.39 is 27.7 Å². The molecule has 0 aliphatic carbocycles. The summed E-state index contributed by atoms with van der Waals surface area (Å²) < 4.78 is 41.4. The average Bonchev–Trinajstić information content (AvgIpc) is 3.52. The van der Waals surface area contributed by atoms with Crippen LogP contribution in [-0.2, 0) is 29.7 Å². The second-order valence-electron chi connectivity index (χ2n) is 12.0. The van der Waals surface area contributed by atoms with Gasteiger partial charge in [-0.2, -0.15) is 0 Å². The number of quaternary nitrogens is 1. The molecular weight excluding hydrogens is 554 g/mol. The molecule has 0 aromatic heterocycles. The van der Waals surface area contributed by atoms with E-state index >= 15 is 0 Å². The lowest BCUT2D eigenvalue weighted by Gasteiger charge is -2.51. The minimum absolute atomic E-state index is 0.0258. The highest BCUT2D eigenvalue weighted by molar-refractivity contribution is 7.80. The van der Waals surface area contributed by atoms with Crippen LogP contribution in [-0.4, -0.2) is 60.0 Å². The lowest BCUT2D eigenvalue weighted by Crippen LogP contribution is -2.67. The van der Waals surface area contributed by atoms with Crippen LogP contribution in [0.15, 0.2) is 60.7 Å². The zero-order valence-corrected chi connectivity index (χ0v) is 25.7. The third-order valence-electron chi connectivity index (χ3n) is 9.53. The Labute approximate surface area is 251 Å². The number of ether oxygens (including phenoxy) is 1. The summed E-state index contributed by atoms with van der Waals surface area (Å²) in [7, 11) is -4.47. The molecule has 3 saturated heterocycles. The van der Waals surface area contributed by atoms with E-state index in [9.17, 15) is 22.9 Å². The zero-order chi connectivity index (χ0) is 30.1. The van der Waals surface area contributed by atoms with E-state index in [1.807, 2.05) is 60.7 Å². The molecule has 2 atom stereocenters. The van der Waals surface area contributed by atoms with Gasteiger partial charge in [0.05, 0.1) is 25.7 Å². The largest absolute Gasteiger partial charge is 0.726 e. The zero-order valence-electron chi connectivity index (χ0n) is 24.9. The van der Waals surface area contributed by atoms with Crippen LogP contribution in [0.25, 0.3) is 0 Å². The summed E-state index contributed by atoms with van der Waals surface area (Å²) in [5.74, 6) is -0.526. The molecule has 5 rings (SSSR count). The Bertz CT molecular complexity index is 1190. The summed E-state index contributed by atoms with van der Waals surface area (Å²) in [6.45, 7) is 4.37. The van der Waals surface area contributed by atoms with Crippen LogP contribution in [0.2, 0.25) is 0 Å². The van der Waals surface area contributed by atoms with Crippen LogP contribution in [0.5, 0.6) is 0 Å². The van der Waals surface area contributed by atoms with Gasteiger partial charge < -0.3 is 14.4 Å². The predicted molar refractivity (Wildman–Crippen MR) is 160 cm³/mol. The van der Waals surface area contributed by atoms with E-state index in [0.717, 1.165) is 56.1 Å². The van der Waals surface area contributed by atoms with Crippen LogP contribution < -0.4 is 0 Å². The normalized spacial score (nSPS) is 22.9. The number of nitrogens with zero attached hydrogens (tertiary/aromatic N) is 1. The van der Waals surface area contributed by atoms with E-state index in [-0.39, 0.29) is 6.61 Å². The van der Waals surface area contributed by atoms with Crippen molar-refractivity contribution in [1.82, 2.24) is 0 Å². The first-order valence-electron chi connectivity index (χ1n) is 15.7. The molecule has 3 aliphatic rings. The van der Waals surface area contributed by atoms with Gasteiger partial charge in [-0.15, -0.1) is 0 Å². The molecule has 0 radical (unpaired) electrons. The highest BCUT2D eigenvalue weighted by atomic mass is 32.3. The Morgan fingerprint density at radius 3 is 2.05 bits per heavy atom. The van der Waals surface area contributed by atoms with E-state index in [1.165, 1.54) is 38.5 Å². The molecule has 8 nitrogen and oxygen atoms in total. The Morgan fingerprint density at radius 1 is 0.905 bits per heavy atom. The van der Waals surface area contributed by atoms with Crippen molar-refractivity contribution in [2.75, 3.05) is 19.7 Å². The Morgan fingerprint density at radius 2 is 1.48 bits per heavy atom. The third kappa shape index (κ3) is 7.25.